The van der Waals surface area contributed by atoms with Crippen molar-refractivity contribution in [3.05, 3.63) is 45.8 Å². The van der Waals surface area contributed by atoms with Crippen LogP contribution in [0.3, 0.4) is 0 Å². The zero-order chi connectivity index (χ0) is 21.5. The monoisotopic (exact) mass is 433 g/mol. The van der Waals surface area contributed by atoms with Crippen LogP contribution < -0.4 is 10.1 Å². The molecule has 30 heavy (non-hydrogen) atoms. The average molecular weight is 434 g/mol. The second kappa shape index (κ2) is 10.5. The highest BCUT2D eigenvalue weighted by atomic mass is 35.5. The fourth-order valence-corrected chi connectivity index (χ4v) is 3.75. The predicted molar refractivity (Wildman–Crippen MR) is 114 cm³/mol. The maximum Gasteiger partial charge on any atom is 0.255 e. The number of halogens is 1. The smallest absolute Gasteiger partial charge is 0.255 e. The number of hydrogen-bond acceptors (Lipinski definition) is 5. The number of nitrogens with one attached hydrogen (secondary N) is 1. The molecular formula is C22H28ClN3O4. The van der Waals surface area contributed by atoms with E-state index < -0.39 is 0 Å². The first-order valence-electron chi connectivity index (χ1n) is 10.4. The van der Waals surface area contributed by atoms with Crippen LogP contribution in [0.1, 0.15) is 53.1 Å². The van der Waals surface area contributed by atoms with Gasteiger partial charge >= 0.3 is 0 Å². The Balaban J connectivity index is 1.62. The molecule has 0 radical (unpaired) electrons. The summed E-state index contributed by atoms with van der Waals surface area (Å²) in [5.41, 5.74) is 2.29. The van der Waals surface area contributed by atoms with Crippen molar-refractivity contribution in [3.8, 4) is 5.75 Å². The van der Waals surface area contributed by atoms with E-state index in [1.165, 1.54) is 0 Å². The lowest BCUT2D eigenvalue weighted by Gasteiger charge is -2.23. The van der Waals surface area contributed by atoms with E-state index >= 15 is 0 Å². The lowest BCUT2D eigenvalue weighted by molar-refractivity contribution is -0.131. The minimum Gasteiger partial charge on any atom is -0.493 e. The van der Waals surface area contributed by atoms with Gasteiger partial charge in [-0.05, 0) is 57.7 Å². The lowest BCUT2D eigenvalue weighted by Crippen LogP contribution is -2.34. The van der Waals surface area contributed by atoms with Crippen molar-refractivity contribution >= 4 is 23.4 Å². The molecule has 2 heterocycles. The van der Waals surface area contributed by atoms with E-state index in [2.05, 4.69) is 10.5 Å². The molecule has 1 aliphatic heterocycles. The van der Waals surface area contributed by atoms with E-state index in [1.807, 2.05) is 18.7 Å². The highest BCUT2D eigenvalue weighted by Gasteiger charge is 2.18. The van der Waals surface area contributed by atoms with Crippen LogP contribution in [-0.4, -0.2) is 48.1 Å². The quantitative estimate of drug-likeness (QED) is 0.797. The minimum atomic E-state index is -0.195. The lowest BCUT2D eigenvalue weighted by atomic mass is 10.1. The molecule has 2 aromatic rings. The molecular weight excluding hydrogens is 406 g/mol. The van der Waals surface area contributed by atoms with E-state index in [4.69, 9.17) is 20.9 Å². The number of hydrogen-bond donors (Lipinski definition) is 1. The third-order valence-electron chi connectivity index (χ3n) is 5.28. The molecule has 0 saturated carbocycles. The topological polar surface area (TPSA) is 84.7 Å². The third kappa shape index (κ3) is 5.75. The largest absolute Gasteiger partial charge is 0.493 e. The van der Waals surface area contributed by atoms with Crippen LogP contribution in [0.5, 0.6) is 5.75 Å². The number of rotatable bonds is 3. The number of carbonyl (C=O) groups is 2. The summed E-state index contributed by atoms with van der Waals surface area (Å²) in [7, 11) is 0. The summed E-state index contributed by atoms with van der Waals surface area (Å²) in [4.78, 5) is 27.2. The van der Waals surface area contributed by atoms with E-state index in [0.717, 1.165) is 29.9 Å². The number of aryl methyl sites for hydroxylation is 2. The molecule has 0 saturated heterocycles. The van der Waals surface area contributed by atoms with Crippen molar-refractivity contribution in [3.63, 3.8) is 0 Å². The fourth-order valence-electron chi connectivity index (χ4n) is 3.58. The molecule has 0 unspecified atom stereocenters. The summed E-state index contributed by atoms with van der Waals surface area (Å²) in [5.74, 6) is 1.20. The van der Waals surface area contributed by atoms with Gasteiger partial charge in [0.15, 0.2) is 0 Å². The molecule has 0 bridgehead atoms. The molecule has 0 aliphatic carbocycles. The van der Waals surface area contributed by atoms with Gasteiger partial charge in [0.25, 0.3) is 5.91 Å². The third-order valence-corrected chi connectivity index (χ3v) is 5.51. The van der Waals surface area contributed by atoms with Gasteiger partial charge in [-0.3, -0.25) is 9.59 Å². The van der Waals surface area contributed by atoms with Crippen LogP contribution in [0.2, 0.25) is 5.02 Å². The SMILES string of the molecule is Cc1noc(C)c1CCC(=O)N1CCCCNC(=O)c2cc(Cl)ccc2OCCC1. The standard InChI is InChI=1S/C22H28ClN3O4/c1-15-18(16(2)30-25-15)7-9-21(27)26-11-4-3-10-24-22(28)19-14-17(23)6-8-20(19)29-13-5-12-26/h6,8,14H,3-5,7,9-13H2,1-2H3,(H,24,28). The Labute approximate surface area is 181 Å². The summed E-state index contributed by atoms with van der Waals surface area (Å²) in [6, 6.07) is 5.04. The second-order valence-corrected chi connectivity index (χ2v) is 7.93. The van der Waals surface area contributed by atoms with Gasteiger partial charge in [-0.1, -0.05) is 16.8 Å². The first kappa shape index (κ1) is 22.2. The van der Waals surface area contributed by atoms with Gasteiger partial charge in [-0.25, -0.2) is 0 Å². The predicted octanol–water partition coefficient (Wildman–Crippen LogP) is 3.70. The molecule has 1 aliphatic rings. The van der Waals surface area contributed by atoms with Crippen molar-refractivity contribution in [2.24, 2.45) is 0 Å². The average Bonchev–Trinajstić information content (AvgIpc) is 3.05. The van der Waals surface area contributed by atoms with E-state index in [9.17, 15) is 9.59 Å². The number of benzene rings is 1. The molecule has 1 aromatic heterocycles. The number of ether oxygens (including phenoxy) is 1. The zero-order valence-corrected chi connectivity index (χ0v) is 18.3. The van der Waals surface area contributed by atoms with Crippen molar-refractivity contribution in [1.29, 1.82) is 0 Å². The van der Waals surface area contributed by atoms with Crippen LogP contribution in [0, 0.1) is 13.8 Å². The van der Waals surface area contributed by atoms with Crippen LogP contribution in [0.4, 0.5) is 0 Å². The molecule has 8 heteroatoms. The highest BCUT2D eigenvalue weighted by Crippen LogP contribution is 2.23. The highest BCUT2D eigenvalue weighted by molar-refractivity contribution is 6.31. The number of amides is 2. The number of carbonyl (C=O) groups excluding carboxylic acids is 2. The van der Waals surface area contributed by atoms with Crippen molar-refractivity contribution in [2.75, 3.05) is 26.2 Å². The summed E-state index contributed by atoms with van der Waals surface area (Å²) in [6.45, 7) is 5.99. The maximum atomic E-state index is 12.8. The maximum absolute atomic E-state index is 12.8. The normalized spacial score (nSPS) is 15.8. The van der Waals surface area contributed by atoms with Gasteiger partial charge in [-0.15, -0.1) is 0 Å². The molecule has 0 fully saturated rings. The number of fused-ring (bicyclic) bond motifs is 1. The molecule has 1 aromatic carbocycles. The van der Waals surface area contributed by atoms with E-state index in [1.54, 1.807) is 18.2 Å². The van der Waals surface area contributed by atoms with Gasteiger partial charge in [0.2, 0.25) is 5.91 Å². The Hall–Kier alpha value is -2.54. The Morgan fingerprint density at radius 1 is 1.23 bits per heavy atom. The van der Waals surface area contributed by atoms with Crippen LogP contribution in [0.25, 0.3) is 0 Å². The number of aromatic nitrogens is 1. The van der Waals surface area contributed by atoms with Crippen LogP contribution in [-0.2, 0) is 11.2 Å². The zero-order valence-electron chi connectivity index (χ0n) is 17.5. The molecule has 0 spiro atoms. The summed E-state index contributed by atoms with van der Waals surface area (Å²) < 4.78 is 11.0. The van der Waals surface area contributed by atoms with Crippen LogP contribution in [0.15, 0.2) is 22.7 Å². The van der Waals surface area contributed by atoms with Crippen molar-refractivity contribution < 1.29 is 18.8 Å². The summed E-state index contributed by atoms with van der Waals surface area (Å²) in [6.07, 6.45) is 3.33. The fraction of sp³-hybridized carbons (Fsp3) is 0.500. The Morgan fingerprint density at radius 2 is 2.03 bits per heavy atom. The second-order valence-electron chi connectivity index (χ2n) is 7.49. The Bertz CT molecular complexity index is 877. The minimum absolute atomic E-state index is 0.112. The van der Waals surface area contributed by atoms with Crippen molar-refractivity contribution in [2.45, 2.75) is 46.0 Å². The first-order chi connectivity index (χ1) is 14.5. The number of nitrogens with zero attached hydrogens (tertiary/aromatic N) is 2. The first-order valence-corrected chi connectivity index (χ1v) is 10.7. The summed E-state index contributed by atoms with van der Waals surface area (Å²) >= 11 is 6.04. The molecule has 1 N–H and O–H groups in total. The molecule has 3 rings (SSSR count). The molecule has 7 nitrogen and oxygen atoms in total. The van der Waals surface area contributed by atoms with E-state index in [-0.39, 0.29) is 11.8 Å². The summed E-state index contributed by atoms with van der Waals surface area (Å²) in [5, 5.41) is 7.35. The Morgan fingerprint density at radius 3 is 2.80 bits per heavy atom. The van der Waals surface area contributed by atoms with Gasteiger partial charge in [0.05, 0.1) is 17.9 Å². The Kier molecular flexibility index (Phi) is 7.74. The van der Waals surface area contributed by atoms with Gasteiger partial charge in [-0.2, -0.15) is 0 Å². The van der Waals surface area contributed by atoms with Gasteiger partial charge in [0.1, 0.15) is 11.5 Å². The van der Waals surface area contributed by atoms with Crippen molar-refractivity contribution in [1.82, 2.24) is 15.4 Å². The van der Waals surface area contributed by atoms with Gasteiger partial charge in [0, 0.05) is 36.6 Å². The molecule has 2 amide bonds. The van der Waals surface area contributed by atoms with E-state index in [0.29, 0.717) is 61.8 Å². The van der Waals surface area contributed by atoms with Gasteiger partial charge < -0.3 is 19.5 Å². The molecule has 0 atom stereocenters. The van der Waals surface area contributed by atoms with Crippen LogP contribution >= 0.6 is 11.6 Å². The molecule has 162 valence electrons.